The summed E-state index contributed by atoms with van der Waals surface area (Å²) in [6.45, 7) is 4.92. The fourth-order valence-corrected chi connectivity index (χ4v) is 3.48. The Kier molecular flexibility index (Phi) is 13.7. The maximum atomic E-state index is 11.4. The predicted molar refractivity (Wildman–Crippen MR) is 81.4 cm³/mol. The van der Waals surface area contributed by atoms with Crippen LogP contribution in [0.2, 0.25) is 0 Å². The quantitative estimate of drug-likeness (QED) is 0.290. The molecule has 8 heteroatoms. The van der Waals surface area contributed by atoms with Crippen molar-refractivity contribution >= 4 is 5.97 Å². The van der Waals surface area contributed by atoms with E-state index < -0.39 is 11.4 Å². The number of hydrogen-bond donors (Lipinski definition) is 4. The van der Waals surface area contributed by atoms with Crippen molar-refractivity contribution in [3.05, 3.63) is 0 Å². The molecule has 0 aromatic rings. The van der Waals surface area contributed by atoms with Gasteiger partial charge in [-0.3, -0.25) is 4.79 Å². The number of carbonyl (C=O) groups is 1. The molecule has 5 N–H and O–H groups in total. The summed E-state index contributed by atoms with van der Waals surface area (Å²) in [7, 11) is 0. The maximum absolute atomic E-state index is 11.4. The second-order valence-electron chi connectivity index (χ2n) is 6.54. The molecule has 23 heavy (non-hydrogen) atoms. The molecule has 0 saturated carbocycles. The third-order valence-electron chi connectivity index (χ3n) is 5.06. The molecule has 2 aliphatic heterocycles. The second-order valence-corrected chi connectivity index (χ2v) is 6.54. The van der Waals surface area contributed by atoms with Crippen molar-refractivity contribution in [1.29, 1.82) is 0 Å². The van der Waals surface area contributed by atoms with Crippen LogP contribution in [0.3, 0.4) is 0 Å². The monoisotopic (exact) mass is 355 g/mol. The smallest absolute Gasteiger partial charge is 0.854 e. The average Bonchev–Trinajstić information content (AvgIpc) is 2.56. The van der Waals surface area contributed by atoms with Gasteiger partial charge in [-0.05, 0) is 76.2 Å². The van der Waals surface area contributed by atoms with E-state index in [0.29, 0.717) is 0 Å². The van der Waals surface area contributed by atoms with Gasteiger partial charge in [-0.1, -0.05) is 0 Å². The Balaban J connectivity index is 0.00000155. The van der Waals surface area contributed by atoms with E-state index in [2.05, 4.69) is 16.1 Å². The zero-order valence-corrected chi connectivity index (χ0v) is 17.4. The number of hydrogen-bond acceptors (Lipinski definition) is 6. The summed E-state index contributed by atoms with van der Waals surface area (Å²) in [6.07, 6.45) is 5.32. The van der Waals surface area contributed by atoms with E-state index in [1.807, 2.05) is 0 Å². The average molecular weight is 356 g/mol. The van der Waals surface area contributed by atoms with E-state index in [1.54, 1.807) is 0 Å². The van der Waals surface area contributed by atoms with Gasteiger partial charge in [0.2, 0.25) is 0 Å². The Bertz CT molecular complexity index is 320. The zero-order valence-electron chi connectivity index (χ0n) is 14.3. The van der Waals surface area contributed by atoms with Crippen molar-refractivity contribution in [3.8, 4) is 0 Å². The zero-order chi connectivity index (χ0) is 16.4. The van der Waals surface area contributed by atoms with Gasteiger partial charge in [0.05, 0.1) is 0 Å². The standard InChI is InChI=1S/C15H27N2O3.K.H3NO/c18-12-15(11-14(19)20)4-9-17(10-5-15)8-3-13-1-6-16-7-2-13;;1-2/h13,16H,1-12H2,(H,19,20);;2H,1H2/q-1;+1;. The summed E-state index contributed by atoms with van der Waals surface area (Å²) in [5.41, 5.74) is -0.489. The number of carboxylic acids is 1. The Labute approximate surface area is 181 Å². The Morgan fingerprint density at radius 3 is 2.30 bits per heavy atom. The van der Waals surface area contributed by atoms with Crippen LogP contribution in [0.1, 0.15) is 38.5 Å². The summed E-state index contributed by atoms with van der Waals surface area (Å²) in [6, 6.07) is 0. The summed E-state index contributed by atoms with van der Waals surface area (Å²) in [4.78, 5) is 13.3. The van der Waals surface area contributed by atoms with Gasteiger partial charge in [-0.2, -0.15) is 0 Å². The van der Waals surface area contributed by atoms with Gasteiger partial charge in [0, 0.05) is 6.42 Å². The number of piperidine rings is 2. The van der Waals surface area contributed by atoms with Gasteiger partial charge in [0.15, 0.2) is 0 Å². The molecule has 2 heterocycles. The largest absolute Gasteiger partial charge is 1.00 e. The summed E-state index contributed by atoms with van der Waals surface area (Å²) < 4.78 is 0. The third-order valence-corrected chi connectivity index (χ3v) is 5.06. The molecule has 0 amide bonds. The second kappa shape index (κ2) is 13.2. The summed E-state index contributed by atoms with van der Waals surface area (Å²) >= 11 is 0. The number of nitrogens with zero attached hydrogens (tertiary/aromatic N) is 1. The van der Waals surface area contributed by atoms with Gasteiger partial charge in [0.1, 0.15) is 0 Å². The Morgan fingerprint density at radius 1 is 1.26 bits per heavy atom. The van der Waals surface area contributed by atoms with Crippen LogP contribution in [-0.4, -0.2) is 60.5 Å². The van der Waals surface area contributed by atoms with Gasteiger partial charge in [0.25, 0.3) is 0 Å². The number of rotatable bonds is 6. The molecule has 2 rings (SSSR count). The molecule has 0 spiro atoms. The molecule has 7 nitrogen and oxygen atoms in total. The third kappa shape index (κ3) is 8.71. The van der Waals surface area contributed by atoms with Gasteiger partial charge in [-0.15, -0.1) is 6.61 Å². The molecule has 0 aromatic heterocycles. The molecule has 0 bridgehead atoms. The van der Waals surface area contributed by atoms with E-state index in [-0.39, 0.29) is 64.4 Å². The molecular formula is C15H30KN3O4. The van der Waals surface area contributed by atoms with E-state index >= 15 is 0 Å². The normalized spacial score (nSPS) is 21.7. The van der Waals surface area contributed by atoms with Crippen LogP contribution in [0.15, 0.2) is 0 Å². The molecule has 2 aliphatic rings. The number of nitrogens with two attached hydrogens (primary N) is 1. The van der Waals surface area contributed by atoms with Crippen LogP contribution >= 0.6 is 0 Å². The van der Waals surface area contributed by atoms with Crippen molar-refractivity contribution < 1.29 is 71.6 Å². The Hall–Kier alpha value is 0.906. The Morgan fingerprint density at radius 2 is 1.83 bits per heavy atom. The van der Waals surface area contributed by atoms with Gasteiger partial charge >= 0.3 is 57.4 Å². The summed E-state index contributed by atoms with van der Waals surface area (Å²) in [5, 5.41) is 30.2. The molecule has 2 fully saturated rings. The molecular weight excluding hydrogens is 325 g/mol. The van der Waals surface area contributed by atoms with Gasteiger partial charge < -0.3 is 25.6 Å². The van der Waals surface area contributed by atoms with E-state index in [4.69, 9.17) is 10.3 Å². The van der Waals surface area contributed by atoms with E-state index in [9.17, 15) is 9.90 Å². The minimum atomic E-state index is -0.830. The van der Waals surface area contributed by atoms with Crippen LogP contribution in [-0.2, 0) is 4.79 Å². The first kappa shape index (κ1) is 23.9. The first-order chi connectivity index (χ1) is 10.6. The number of nitrogens with one attached hydrogen (secondary N) is 1. The molecule has 130 valence electrons. The van der Waals surface area contributed by atoms with Crippen molar-refractivity contribution in [2.75, 3.05) is 39.3 Å². The fraction of sp³-hybridized carbons (Fsp3) is 0.933. The minimum absolute atomic E-state index is 0. The van der Waals surface area contributed by atoms with E-state index in [0.717, 1.165) is 51.5 Å². The van der Waals surface area contributed by atoms with Crippen LogP contribution in [0.4, 0.5) is 0 Å². The molecule has 0 aliphatic carbocycles. The van der Waals surface area contributed by atoms with Gasteiger partial charge in [-0.25, -0.2) is 5.90 Å². The topological polar surface area (TPSA) is 122 Å². The fourth-order valence-electron chi connectivity index (χ4n) is 3.48. The van der Waals surface area contributed by atoms with Crippen molar-refractivity contribution in [3.63, 3.8) is 0 Å². The maximum Gasteiger partial charge on any atom is 1.00 e. The van der Waals surface area contributed by atoms with Crippen molar-refractivity contribution in [2.24, 2.45) is 17.2 Å². The molecule has 0 aromatic carbocycles. The van der Waals surface area contributed by atoms with Crippen LogP contribution in [0.5, 0.6) is 0 Å². The van der Waals surface area contributed by atoms with Crippen LogP contribution < -0.4 is 67.7 Å². The van der Waals surface area contributed by atoms with E-state index in [1.165, 1.54) is 19.3 Å². The molecule has 0 atom stereocenters. The molecule has 0 unspecified atom stereocenters. The van der Waals surface area contributed by atoms with Crippen molar-refractivity contribution in [1.82, 2.24) is 10.2 Å². The molecule has 0 radical (unpaired) electrons. The minimum Gasteiger partial charge on any atom is -0.854 e. The SMILES string of the molecule is NO.O=C(O)CC1(C[O-])CCN(CCC2CCNCC2)CC1.[K+]. The first-order valence-corrected chi connectivity index (χ1v) is 8.12. The molecule has 2 saturated heterocycles. The predicted octanol–water partition coefficient (Wildman–Crippen LogP) is -3.37. The first-order valence-electron chi connectivity index (χ1n) is 8.12. The van der Waals surface area contributed by atoms with Crippen molar-refractivity contribution in [2.45, 2.75) is 38.5 Å². The number of aliphatic carboxylic acids is 1. The van der Waals surface area contributed by atoms with Crippen LogP contribution in [0.25, 0.3) is 0 Å². The van der Waals surface area contributed by atoms with Crippen LogP contribution in [0, 0.1) is 11.3 Å². The number of carboxylic acid groups (broad SMARTS) is 1. The summed E-state index contributed by atoms with van der Waals surface area (Å²) in [5.74, 6) is 3.51. The number of likely N-dealkylation sites (tertiary alicyclic amines) is 1.